The molecule has 0 aliphatic carbocycles. The zero-order valence-electron chi connectivity index (χ0n) is 13.5. The molecule has 0 aromatic carbocycles. The van der Waals surface area contributed by atoms with E-state index in [1.54, 1.807) is 0 Å². The highest BCUT2D eigenvalue weighted by atomic mass is 32.2. The highest BCUT2D eigenvalue weighted by Gasteiger charge is 2.19. The Morgan fingerprint density at radius 1 is 1.30 bits per heavy atom. The summed E-state index contributed by atoms with van der Waals surface area (Å²) in [6.45, 7) is 9.93. The Balaban J connectivity index is 2.30. The first-order valence-corrected chi connectivity index (χ1v) is 9.45. The molecule has 5 heteroatoms. The van der Waals surface area contributed by atoms with Crippen molar-refractivity contribution in [2.45, 2.75) is 45.6 Å². The lowest BCUT2D eigenvalue weighted by Gasteiger charge is -2.32. The molecule has 0 atom stereocenters. The van der Waals surface area contributed by atoms with E-state index in [2.05, 4.69) is 40.6 Å². The predicted molar refractivity (Wildman–Crippen MR) is 91.9 cm³/mol. The fourth-order valence-corrected chi connectivity index (χ4v) is 2.95. The van der Waals surface area contributed by atoms with Crippen LogP contribution in [0.2, 0.25) is 0 Å². The number of rotatable bonds is 8. The highest BCUT2D eigenvalue weighted by Crippen LogP contribution is 2.10. The third kappa shape index (κ3) is 7.39. The van der Waals surface area contributed by atoms with Crippen LogP contribution in [0.1, 0.15) is 39.5 Å². The van der Waals surface area contributed by atoms with E-state index >= 15 is 0 Å². The first kappa shape index (κ1) is 17.6. The number of piperidine rings is 1. The smallest absolute Gasteiger partial charge is 0.191 e. The third-order valence-corrected chi connectivity index (χ3v) is 4.29. The number of likely N-dealkylation sites (tertiary alicyclic amines) is 1. The quantitative estimate of drug-likeness (QED) is 0.409. The van der Waals surface area contributed by atoms with Crippen molar-refractivity contribution in [3.05, 3.63) is 0 Å². The molecular formula is C15H32N4S. The number of thioether (sulfide) groups is 1. The fourth-order valence-electron chi connectivity index (χ4n) is 2.53. The van der Waals surface area contributed by atoms with Crippen molar-refractivity contribution in [2.75, 3.05) is 44.7 Å². The van der Waals surface area contributed by atoms with Crippen molar-refractivity contribution in [3.8, 4) is 0 Å². The Labute approximate surface area is 129 Å². The summed E-state index contributed by atoms with van der Waals surface area (Å²) in [5.74, 6) is 2.20. The second-order valence-corrected chi connectivity index (χ2v) is 6.35. The lowest BCUT2D eigenvalue weighted by atomic mass is 10.1. The number of nitrogens with one attached hydrogen (secondary N) is 2. The van der Waals surface area contributed by atoms with Crippen LogP contribution in [0.5, 0.6) is 0 Å². The maximum absolute atomic E-state index is 4.67. The second-order valence-electron chi connectivity index (χ2n) is 5.37. The van der Waals surface area contributed by atoms with Crippen LogP contribution in [-0.4, -0.2) is 61.6 Å². The molecule has 118 valence electrons. The number of nitrogens with zero attached hydrogens (tertiary/aromatic N) is 2. The molecule has 1 heterocycles. The summed E-state index contributed by atoms with van der Waals surface area (Å²) in [6, 6.07) is 0.585. The molecule has 0 bridgehead atoms. The minimum absolute atomic E-state index is 0.585. The van der Waals surface area contributed by atoms with Crippen molar-refractivity contribution in [1.29, 1.82) is 0 Å². The lowest BCUT2D eigenvalue weighted by Crippen LogP contribution is -2.48. The molecule has 0 radical (unpaired) electrons. The first-order chi connectivity index (χ1) is 9.80. The molecular weight excluding hydrogens is 268 g/mol. The van der Waals surface area contributed by atoms with Crippen LogP contribution >= 0.6 is 11.8 Å². The van der Waals surface area contributed by atoms with Crippen molar-refractivity contribution < 1.29 is 0 Å². The van der Waals surface area contributed by atoms with E-state index in [1.807, 2.05) is 11.8 Å². The first-order valence-electron chi connectivity index (χ1n) is 8.06. The van der Waals surface area contributed by atoms with Gasteiger partial charge in [0.15, 0.2) is 5.96 Å². The molecule has 0 amide bonds. The van der Waals surface area contributed by atoms with Crippen LogP contribution in [0.3, 0.4) is 0 Å². The van der Waals surface area contributed by atoms with Gasteiger partial charge in [0.1, 0.15) is 0 Å². The topological polar surface area (TPSA) is 39.7 Å². The molecule has 0 saturated carbocycles. The Morgan fingerprint density at radius 3 is 2.65 bits per heavy atom. The zero-order chi connectivity index (χ0) is 14.6. The van der Waals surface area contributed by atoms with Gasteiger partial charge >= 0.3 is 0 Å². The van der Waals surface area contributed by atoms with Crippen LogP contribution in [0.15, 0.2) is 4.99 Å². The van der Waals surface area contributed by atoms with Crippen molar-refractivity contribution in [1.82, 2.24) is 15.5 Å². The SMILES string of the molecule is CCCN1CCC(NC(=NCCCSC)NCC)CC1. The summed E-state index contributed by atoms with van der Waals surface area (Å²) < 4.78 is 0. The van der Waals surface area contributed by atoms with Crippen molar-refractivity contribution in [3.63, 3.8) is 0 Å². The number of hydrogen-bond acceptors (Lipinski definition) is 3. The molecule has 1 aliphatic rings. The zero-order valence-corrected chi connectivity index (χ0v) is 14.3. The molecule has 20 heavy (non-hydrogen) atoms. The maximum Gasteiger partial charge on any atom is 0.191 e. The van der Waals surface area contributed by atoms with Gasteiger partial charge in [0.05, 0.1) is 0 Å². The third-order valence-electron chi connectivity index (χ3n) is 3.59. The van der Waals surface area contributed by atoms with E-state index in [1.165, 1.54) is 44.6 Å². The second kappa shape index (κ2) is 11.3. The summed E-state index contributed by atoms with van der Waals surface area (Å²) in [4.78, 5) is 7.24. The van der Waals surface area contributed by atoms with Gasteiger partial charge in [-0.05, 0) is 51.2 Å². The normalized spacial score (nSPS) is 18.2. The van der Waals surface area contributed by atoms with Gasteiger partial charge in [-0.2, -0.15) is 11.8 Å². The monoisotopic (exact) mass is 300 g/mol. The molecule has 1 saturated heterocycles. The average molecular weight is 301 g/mol. The summed E-state index contributed by atoms with van der Waals surface area (Å²) in [5.41, 5.74) is 0. The van der Waals surface area contributed by atoms with E-state index in [4.69, 9.17) is 0 Å². The predicted octanol–water partition coefficient (Wildman–Crippen LogP) is 2.17. The fraction of sp³-hybridized carbons (Fsp3) is 0.933. The molecule has 1 rings (SSSR count). The van der Waals surface area contributed by atoms with Crippen LogP contribution in [0, 0.1) is 0 Å². The Kier molecular flexibility index (Phi) is 9.93. The van der Waals surface area contributed by atoms with Gasteiger partial charge < -0.3 is 15.5 Å². The van der Waals surface area contributed by atoms with Gasteiger partial charge in [0, 0.05) is 32.2 Å². The minimum atomic E-state index is 0.585. The van der Waals surface area contributed by atoms with E-state index in [0.29, 0.717) is 6.04 Å². The lowest BCUT2D eigenvalue weighted by molar-refractivity contribution is 0.206. The van der Waals surface area contributed by atoms with E-state index < -0.39 is 0 Å². The summed E-state index contributed by atoms with van der Waals surface area (Å²) in [5, 5.41) is 6.96. The number of aliphatic imine (C=N–C) groups is 1. The number of hydrogen-bond donors (Lipinski definition) is 2. The molecule has 2 N–H and O–H groups in total. The van der Waals surface area contributed by atoms with E-state index in [-0.39, 0.29) is 0 Å². The maximum atomic E-state index is 4.67. The Bertz CT molecular complexity index is 263. The van der Waals surface area contributed by atoms with Crippen molar-refractivity contribution >= 4 is 17.7 Å². The molecule has 1 fully saturated rings. The average Bonchev–Trinajstić information content (AvgIpc) is 2.46. The number of guanidine groups is 1. The van der Waals surface area contributed by atoms with E-state index in [0.717, 1.165) is 25.5 Å². The van der Waals surface area contributed by atoms with Gasteiger partial charge in [-0.15, -0.1) is 0 Å². The summed E-state index contributed by atoms with van der Waals surface area (Å²) in [7, 11) is 0. The van der Waals surface area contributed by atoms with Crippen molar-refractivity contribution in [2.24, 2.45) is 4.99 Å². The molecule has 0 aromatic rings. The van der Waals surface area contributed by atoms with Gasteiger partial charge in [-0.25, -0.2) is 0 Å². The van der Waals surface area contributed by atoms with Gasteiger partial charge in [-0.1, -0.05) is 6.92 Å². The van der Waals surface area contributed by atoms with Gasteiger partial charge in [0.2, 0.25) is 0 Å². The molecule has 4 nitrogen and oxygen atoms in total. The molecule has 0 spiro atoms. The largest absolute Gasteiger partial charge is 0.357 e. The van der Waals surface area contributed by atoms with E-state index in [9.17, 15) is 0 Å². The van der Waals surface area contributed by atoms with Crippen LogP contribution in [0.25, 0.3) is 0 Å². The van der Waals surface area contributed by atoms with Crippen LogP contribution < -0.4 is 10.6 Å². The highest BCUT2D eigenvalue weighted by molar-refractivity contribution is 7.98. The van der Waals surface area contributed by atoms with Gasteiger partial charge in [0.25, 0.3) is 0 Å². The standard InChI is InChI=1S/C15H32N4S/c1-4-10-19-11-7-14(8-12-19)18-15(16-5-2)17-9-6-13-20-3/h14H,4-13H2,1-3H3,(H2,16,17,18). The Morgan fingerprint density at radius 2 is 2.05 bits per heavy atom. The summed E-state index contributed by atoms with van der Waals surface area (Å²) >= 11 is 1.89. The molecule has 1 aliphatic heterocycles. The summed E-state index contributed by atoms with van der Waals surface area (Å²) in [6.07, 6.45) is 7.03. The molecule has 0 aromatic heterocycles. The van der Waals surface area contributed by atoms with Crippen LogP contribution in [0.4, 0.5) is 0 Å². The minimum Gasteiger partial charge on any atom is -0.357 e. The molecule has 0 unspecified atom stereocenters. The Hall–Kier alpha value is -0.420. The van der Waals surface area contributed by atoms with Gasteiger partial charge in [-0.3, -0.25) is 4.99 Å². The van der Waals surface area contributed by atoms with Crippen LogP contribution in [-0.2, 0) is 0 Å².